The molecule has 4 unspecified atom stereocenters. The van der Waals surface area contributed by atoms with Crippen LogP contribution in [0.2, 0.25) is 0 Å². The van der Waals surface area contributed by atoms with Gasteiger partial charge in [-0.15, -0.1) is 0 Å². The Labute approximate surface area is 851 Å². The van der Waals surface area contributed by atoms with Crippen molar-refractivity contribution in [1.29, 1.82) is 0 Å². The van der Waals surface area contributed by atoms with Crippen LogP contribution in [0.5, 0.6) is 0 Å². The minimum Gasteiger partial charge on any atom is -0.201 e. The lowest BCUT2D eigenvalue weighted by Gasteiger charge is -2.41. The molecule has 7 aromatic heterocycles. The average Bonchev–Trinajstić information content (AvgIpc) is 1.41. The van der Waals surface area contributed by atoms with Gasteiger partial charge in [-0.25, -0.2) is 32.0 Å². The van der Waals surface area contributed by atoms with Crippen LogP contribution in [0.3, 0.4) is 0 Å². The molecule has 27 rings (SSSR count). The van der Waals surface area contributed by atoms with Gasteiger partial charge in [-0.2, -0.15) is 0 Å². The molecule has 13 aliphatic rings. The Kier molecular flexibility index (Phi) is 18.1. The summed E-state index contributed by atoms with van der Waals surface area (Å²) in [6, 6.07) is 52.9. The van der Waals surface area contributed by atoms with E-state index in [0.29, 0.717) is 87.1 Å². The van der Waals surface area contributed by atoms with Crippen molar-refractivity contribution in [3.05, 3.63) is 369 Å². The van der Waals surface area contributed by atoms with Gasteiger partial charge in [0.1, 0.15) is 49.3 Å². The fraction of sp³-hybridized carbons (Fsp3) is 0.398. The van der Waals surface area contributed by atoms with Crippen molar-refractivity contribution in [1.82, 2.24) is 0 Å². The van der Waals surface area contributed by atoms with E-state index >= 15 is 0 Å². The van der Waals surface area contributed by atoms with E-state index in [-0.39, 0.29) is 36.3 Å². The van der Waals surface area contributed by atoms with E-state index in [1.165, 1.54) is 89.4 Å². The van der Waals surface area contributed by atoms with Crippen molar-refractivity contribution in [2.45, 2.75) is 273 Å². The number of aromatic nitrogens is 7. The quantitative estimate of drug-likeness (QED) is 0.142. The monoisotopic (exact) mass is 1820 g/mol. The van der Waals surface area contributed by atoms with E-state index in [4.69, 9.17) is 41.1 Å². The van der Waals surface area contributed by atoms with Crippen molar-refractivity contribution in [3.63, 3.8) is 0 Å². The summed E-state index contributed by atoms with van der Waals surface area (Å²) in [5.41, 5.74) is 37.8. The van der Waals surface area contributed by atoms with Crippen LogP contribution >= 0.6 is 0 Å². The van der Waals surface area contributed by atoms with Gasteiger partial charge in [-0.3, -0.25) is 0 Å². The molecule has 14 aromatic rings. The first-order valence-corrected chi connectivity index (χ1v) is 48.5. The average molecular weight is 1820 g/mol. The first kappa shape index (κ1) is 63.1. The molecule has 4 fully saturated rings. The number of nitrogens with zero attached hydrogens (tertiary/aromatic N) is 7. The van der Waals surface area contributed by atoms with Crippen molar-refractivity contribution in [2.24, 2.45) is 61.2 Å². The van der Waals surface area contributed by atoms with Gasteiger partial charge in [-0.05, 0) is 405 Å². The summed E-state index contributed by atoms with van der Waals surface area (Å²) in [4.78, 5) is 0. The molecular formula is C128H150N7+7. The van der Waals surface area contributed by atoms with Crippen LogP contribution in [0.4, 0.5) is 0 Å². The largest absolute Gasteiger partial charge is 0.216 e. The van der Waals surface area contributed by atoms with Gasteiger partial charge < -0.3 is 0 Å². The fourth-order valence-corrected chi connectivity index (χ4v) is 23.1. The van der Waals surface area contributed by atoms with Gasteiger partial charge >= 0.3 is 0 Å². The van der Waals surface area contributed by atoms with Crippen LogP contribution in [0.25, 0.3) is 78.8 Å². The molecule has 0 radical (unpaired) electrons. The number of aryl methyl sites for hydroxylation is 25. The van der Waals surface area contributed by atoms with Crippen molar-refractivity contribution in [2.75, 3.05) is 0 Å². The lowest BCUT2D eigenvalue weighted by molar-refractivity contribution is -0.661. The predicted octanol–water partition coefficient (Wildman–Crippen LogP) is 26.2. The molecular weight excluding hydrogens is 1640 g/mol. The van der Waals surface area contributed by atoms with Crippen molar-refractivity contribution < 1.29 is 73.1 Å². The lowest BCUT2D eigenvalue weighted by Crippen LogP contribution is -2.37. The van der Waals surface area contributed by atoms with Gasteiger partial charge in [0.25, 0.3) is 0 Å². The lowest BCUT2D eigenvalue weighted by atomic mass is 9.63. The summed E-state index contributed by atoms with van der Waals surface area (Å²) in [6.07, 6.45) is 17.5. The maximum absolute atomic E-state index is 8.77. The molecule has 690 valence electrons. The Bertz CT molecular complexity index is 8340. The van der Waals surface area contributed by atoms with E-state index in [1.54, 1.807) is 151 Å². The Morgan fingerprint density at radius 2 is 0.644 bits per heavy atom. The molecule has 4 saturated carbocycles. The van der Waals surface area contributed by atoms with Gasteiger partial charge in [0.15, 0.2) is 43.4 Å². The summed E-state index contributed by atoms with van der Waals surface area (Å²) in [5, 5.41) is 0. The highest BCUT2D eigenvalue weighted by molar-refractivity contribution is 5.71. The van der Waals surface area contributed by atoms with E-state index in [1.807, 2.05) is 105 Å². The number of hydrogen-bond donors (Lipinski definition) is 0. The van der Waals surface area contributed by atoms with Crippen LogP contribution < -0.4 is 32.0 Å². The summed E-state index contributed by atoms with van der Waals surface area (Å²) < 4.78 is 253. The molecule has 0 N–H and O–H groups in total. The summed E-state index contributed by atoms with van der Waals surface area (Å²) in [7, 11) is 13.7. The second kappa shape index (κ2) is 38.6. The van der Waals surface area contributed by atoms with Gasteiger partial charge in [0.2, 0.25) is 39.9 Å². The number of fused-ring (bicyclic) bond motifs is 13. The molecule has 13 aliphatic carbocycles. The predicted molar refractivity (Wildman–Crippen MR) is 555 cm³/mol. The summed E-state index contributed by atoms with van der Waals surface area (Å²) in [6.45, 7) is 7.33. The topological polar surface area (TPSA) is 27.2 Å². The number of pyridine rings is 7. The standard InChI is InChI=1S/4C19H22N.C18H22N.2C17H20N/c2*1-12-4-7-16(13(2)8-12)19-10-17-14-5-6-15(9-14)18(17)11-20(19)3;2*1-12-4-5-17(13(2)6-12)19-10-18-15-7-14(8-15)9-16(18)11-20(19)3;1-13-8-9-16(14(2)12-13)18-17-7-5-4-6-15(17)10-11-19(18)3;1-12-7-8-16(13(2)9-12)17-10-14-5-4-6-15(14)11-18(17)3;1-12-7-8-15(13(2)11-12)17-16-6-4-5-14(16)9-10-18(17)3/h2*4,7-8,10-11,14-15H,5-6,9H2,1-3H3;2*4-6,10-11,14-15H,7-9H2,1-3H3;8-12H,4-7H2,1-3H3;2*7-11H,4-6H2,1-3H3/q7*+1/i1D3,14D,15D;;1D3,9D2,15D;;1D3,6D2,7D2;1D3,5D2;1D3,5D2,6D2. The third-order valence-electron chi connectivity index (χ3n) is 30.2. The Morgan fingerprint density at radius 3 is 1.13 bits per heavy atom. The molecule has 0 aliphatic heterocycles. The van der Waals surface area contributed by atoms with Crippen LogP contribution in [0.1, 0.15) is 322 Å². The Morgan fingerprint density at radius 1 is 0.267 bits per heavy atom. The van der Waals surface area contributed by atoms with Crippen LogP contribution in [0.15, 0.2) is 213 Å². The molecule has 8 bridgehead atoms. The highest BCUT2D eigenvalue weighted by Crippen LogP contribution is 2.56. The minimum atomic E-state index is -2.20. The van der Waals surface area contributed by atoms with Crippen LogP contribution in [-0.2, 0) is 100 Å². The summed E-state index contributed by atoms with van der Waals surface area (Å²) in [5.74, 6) is 1.46. The maximum Gasteiger partial charge on any atom is 0.216 e. The summed E-state index contributed by atoms with van der Waals surface area (Å²) >= 11 is 0. The molecule has 7 nitrogen and oxygen atoms in total. The van der Waals surface area contributed by atoms with Crippen LogP contribution in [0, 0.1) is 108 Å². The highest BCUT2D eigenvalue weighted by Gasteiger charge is 2.44. The molecule has 7 heterocycles. The Balaban J connectivity index is 0.000000119. The minimum absolute atomic E-state index is 0.0707. The van der Waals surface area contributed by atoms with Gasteiger partial charge in [0.05, 0.1) is 0 Å². The molecule has 0 amide bonds. The number of hydrogen-bond acceptors (Lipinski definition) is 0. The zero-order valence-electron chi connectivity index (χ0n) is 112. The van der Waals surface area contributed by atoms with E-state index < -0.39 is 90.2 Å². The highest BCUT2D eigenvalue weighted by atomic mass is 15.0. The van der Waals surface area contributed by atoms with Crippen LogP contribution in [-0.4, -0.2) is 0 Å². The van der Waals surface area contributed by atoms with E-state index in [9.17, 15) is 0 Å². The molecule has 7 heteroatoms. The fourth-order valence-electron chi connectivity index (χ4n) is 23.1. The van der Waals surface area contributed by atoms with Crippen molar-refractivity contribution >= 4 is 0 Å². The number of benzene rings is 7. The van der Waals surface area contributed by atoms with E-state index in [0.717, 1.165) is 138 Å². The normalized spacial score (nSPS) is 27.0. The second-order valence-corrected chi connectivity index (χ2v) is 40.0. The second-order valence-electron chi connectivity index (χ2n) is 40.0. The zero-order chi connectivity index (χ0) is 120. The number of rotatable bonds is 7. The molecule has 4 atom stereocenters. The van der Waals surface area contributed by atoms with Gasteiger partial charge in [0, 0.05) is 161 Å². The third-order valence-corrected chi connectivity index (χ3v) is 30.2. The van der Waals surface area contributed by atoms with E-state index in [2.05, 4.69) is 118 Å². The maximum atomic E-state index is 8.77. The third kappa shape index (κ3) is 19.0. The molecule has 0 saturated heterocycles. The van der Waals surface area contributed by atoms with Gasteiger partial charge in [-0.1, -0.05) is 124 Å². The SMILES string of the molecule is Cc1ccc(-c2cc3c(c[n+]2C)C2CCC3C2)c(C)c1.Cc1ccc(-c2cc3c(c[n+]2C)CC2CC3C2)c(C)c1.[2H]C([2H])([2H])c1ccc(-c2c3c(cc[n+]2C)C([2H])([2H])CC3([2H])[2H])c(C)c1.[2H]C([2H])([2H])c1ccc(-c2c3c(cc[n+]2C)C([2H])([2H])CCC3([2H])[2H])c(C)c1.[2H]C([2H])([2H])c1ccc(-c2cc3c(c[n+]2C)C([2H])([2H])C2CC3([2H])C2)c(C)c1.[2H]C([2H])([2H])c1ccc(-c2cc3c(c[n+]2C)C2([2H])CCC3([2H])C2)c(C)c1.[2H]C([2H])([2H])c1ccc(-c2cc3c(c[n+]2C)CCC3([2H])[2H])c(C)c1. The molecule has 135 heavy (non-hydrogen) atoms. The zero-order valence-corrected chi connectivity index (χ0v) is 81.5. The molecule has 7 aromatic carbocycles. The van der Waals surface area contributed by atoms with Crippen molar-refractivity contribution in [3.8, 4) is 78.8 Å². The first-order valence-electron chi connectivity index (χ1n) is 63.5. The first-order chi connectivity index (χ1) is 76.5. The smallest absolute Gasteiger partial charge is 0.201 e. The molecule has 0 spiro atoms. The Hall–Kier alpha value is -11.4.